The van der Waals surface area contributed by atoms with Gasteiger partial charge in [0.2, 0.25) is 0 Å². The third kappa shape index (κ3) is 5.03. The van der Waals surface area contributed by atoms with Gasteiger partial charge in [-0.3, -0.25) is 4.79 Å². The van der Waals surface area contributed by atoms with Gasteiger partial charge in [-0.25, -0.2) is 18.7 Å². The maximum Gasteiger partial charge on any atom is 0.339 e. The van der Waals surface area contributed by atoms with E-state index in [-0.39, 0.29) is 11.8 Å². The first-order chi connectivity index (χ1) is 16.5. The SMILES string of the molecule is COC(=O)c1ccc2c(-c3ccnc(NCCCOC(C)=O)c3)c(-c3ccc(F)cc3)nn2c1. The lowest BCUT2D eigenvalue weighted by Crippen LogP contribution is -2.08. The molecule has 0 atom stereocenters. The Morgan fingerprint density at radius 2 is 1.88 bits per heavy atom. The van der Waals surface area contributed by atoms with Crippen LogP contribution in [0, 0.1) is 5.82 Å². The Labute approximate surface area is 195 Å². The van der Waals surface area contributed by atoms with E-state index in [0.29, 0.717) is 36.6 Å². The van der Waals surface area contributed by atoms with E-state index < -0.39 is 5.97 Å². The third-order valence-electron chi connectivity index (χ3n) is 5.15. The van der Waals surface area contributed by atoms with E-state index in [0.717, 1.165) is 22.2 Å². The molecule has 0 aliphatic rings. The lowest BCUT2D eigenvalue weighted by atomic mass is 10.00. The molecule has 0 aliphatic carbocycles. The van der Waals surface area contributed by atoms with Crippen LogP contribution >= 0.6 is 0 Å². The number of methoxy groups -OCH3 is 1. The Morgan fingerprint density at radius 3 is 2.62 bits per heavy atom. The standard InChI is InChI=1S/C25H23FN4O4/c1-16(31)34-13-3-11-27-22-14-18(10-12-28-22)23-21-9-6-19(25(32)33-2)15-30(21)29-24(23)17-4-7-20(26)8-5-17/h4-10,12,14-15H,3,11,13H2,1-2H3,(H,27,28). The van der Waals surface area contributed by atoms with E-state index in [1.54, 1.807) is 41.2 Å². The zero-order valence-electron chi connectivity index (χ0n) is 18.7. The largest absolute Gasteiger partial charge is 0.466 e. The lowest BCUT2D eigenvalue weighted by Gasteiger charge is -2.09. The van der Waals surface area contributed by atoms with Crippen molar-refractivity contribution in [3.05, 3.63) is 72.3 Å². The lowest BCUT2D eigenvalue weighted by molar-refractivity contribution is -0.140. The number of pyridine rings is 2. The normalized spacial score (nSPS) is 10.8. The van der Waals surface area contributed by atoms with Crippen molar-refractivity contribution < 1.29 is 23.5 Å². The molecule has 0 aliphatic heterocycles. The van der Waals surface area contributed by atoms with E-state index >= 15 is 0 Å². The quantitative estimate of drug-likeness (QED) is 0.307. The summed E-state index contributed by atoms with van der Waals surface area (Å²) in [5.41, 5.74) is 4.14. The molecule has 34 heavy (non-hydrogen) atoms. The van der Waals surface area contributed by atoms with Crippen molar-refractivity contribution in [3.63, 3.8) is 0 Å². The second kappa shape index (κ2) is 10.1. The Kier molecular flexibility index (Phi) is 6.82. The van der Waals surface area contributed by atoms with Crippen molar-refractivity contribution in [2.45, 2.75) is 13.3 Å². The van der Waals surface area contributed by atoms with Gasteiger partial charge in [0, 0.05) is 37.0 Å². The number of benzene rings is 1. The zero-order valence-corrected chi connectivity index (χ0v) is 18.7. The minimum absolute atomic E-state index is 0.308. The van der Waals surface area contributed by atoms with Crippen LogP contribution in [0.4, 0.5) is 10.2 Å². The van der Waals surface area contributed by atoms with Crippen LogP contribution in [0.15, 0.2) is 60.9 Å². The van der Waals surface area contributed by atoms with Crippen LogP contribution in [-0.4, -0.2) is 46.8 Å². The molecule has 8 nitrogen and oxygen atoms in total. The van der Waals surface area contributed by atoms with Crippen molar-refractivity contribution in [3.8, 4) is 22.4 Å². The average molecular weight is 462 g/mol. The molecule has 0 amide bonds. The highest BCUT2D eigenvalue weighted by atomic mass is 19.1. The number of hydrogen-bond donors (Lipinski definition) is 1. The molecule has 4 aromatic rings. The number of ether oxygens (including phenoxy) is 2. The first kappa shape index (κ1) is 22.9. The molecule has 0 spiro atoms. The fraction of sp³-hybridized carbons (Fsp3) is 0.200. The number of rotatable bonds is 8. The Hall–Kier alpha value is -4.27. The van der Waals surface area contributed by atoms with E-state index in [1.807, 2.05) is 12.1 Å². The molecule has 3 aromatic heterocycles. The number of nitrogens with zero attached hydrogens (tertiary/aromatic N) is 3. The molecule has 1 aromatic carbocycles. The predicted octanol–water partition coefficient (Wildman–Crippen LogP) is 4.35. The van der Waals surface area contributed by atoms with Gasteiger partial charge in [0.05, 0.1) is 24.8 Å². The summed E-state index contributed by atoms with van der Waals surface area (Å²) in [5.74, 6) is -0.467. The first-order valence-electron chi connectivity index (χ1n) is 10.7. The molecule has 1 N–H and O–H groups in total. The van der Waals surface area contributed by atoms with Crippen molar-refractivity contribution >= 4 is 23.3 Å². The Morgan fingerprint density at radius 1 is 1.09 bits per heavy atom. The predicted molar refractivity (Wildman–Crippen MR) is 125 cm³/mol. The number of nitrogens with one attached hydrogen (secondary N) is 1. The fourth-order valence-electron chi connectivity index (χ4n) is 3.57. The van der Waals surface area contributed by atoms with Crippen molar-refractivity contribution in [1.82, 2.24) is 14.6 Å². The van der Waals surface area contributed by atoms with E-state index in [4.69, 9.17) is 14.6 Å². The molecule has 0 bridgehead atoms. The number of carbonyl (C=O) groups excluding carboxylic acids is 2. The number of halogens is 1. The Balaban J connectivity index is 1.73. The minimum atomic E-state index is -0.466. The van der Waals surface area contributed by atoms with E-state index in [2.05, 4.69) is 10.3 Å². The topological polar surface area (TPSA) is 94.8 Å². The summed E-state index contributed by atoms with van der Waals surface area (Å²) in [6, 6.07) is 13.3. The number of fused-ring (bicyclic) bond motifs is 1. The van der Waals surface area contributed by atoms with Crippen molar-refractivity contribution in [2.75, 3.05) is 25.6 Å². The number of anilines is 1. The minimum Gasteiger partial charge on any atom is -0.466 e. The number of carbonyl (C=O) groups is 2. The number of aromatic nitrogens is 3. The monoisotopic (exact) mass is 462 g/mol. The number of hydrogen-bond acceptors (Lipinski definition) is 7. The summed E-state index contributed by atoms with van der Waals surface area (Å²) in [5, 5.41) is 7.92. The van der Waals surface area contributed by atoms with Crippen LogP contribution in [0.5, 0.6) is 0 Å². The third-order valence-corrected chi connectivity index (χ3v) is 5.15. The van der Waals surface area contributed by atoms with Crippen molar-refractivity contribution in [1.29, 1.82) is 0 Å². The molecule has 4 rings (SSSR count). The molecule has 0 fully saturated rings. The van der Waals surface area contributed by atoms with Gasteiger partial charge < -0.3 is 14.8 Å². The zero-order chi connectivity index (χ0) is 24.1. The van der Waals surface area contributed by atoms with Crippen LogP contribution < -0.4 is 5.32 Å². The molecule has 0 radical (unpaired) electrons. The summed E-state index contributed by atoms with van der Waals surface area (Å²) in [4.78, 5) is 27.3. The van der Waals surface area contributed by atoms with Gasteiger partial charge >= 0.3 is 11.9 Å². The maximum absolute atomic E-state index is 13.6. The second-order valence-electron chi connectivity index (χ2n) is 7.52. The fourth-order valence-corrected chi connectivity index (χ4v) is 3.57. The summed E-state index contributed by atoms with van der Waals surface area (Å²) in [7, 11) is 1.32. The second-order valence-corrected chi connectivity index (χ2v) is 7.52. The average Bonchev–Trinajstić information content (AvgIpc) is 3.22. The highest BCUT2D eigenvalue weighted by molar-refractivity contribution is 5.95. The van der Waals surface area contributed by atoms with Crippen LogP contribution in [0.2, 0.25) is 0 Å². The molecular formula is C25H23FN4O4. The summed E-state index contributed by atoms with van der Waals surface area (Å²) < 4.78 is 24.9. The molecule has 174 valence electrons. The maximum atomic E-state index is 13.6. The molecule has 9 heteroatoms. The van der Waals surface area contributed by atoms with Gasteiger partial charge in [-0.05, 0) is 60.5 Å². The van der Waals surface area contributed by atoms with Crippen LogP contribution in [0.1, 0.15) is 23.7 Å². The van der Waals surface area contributed by atoms with Gasteiger partial charge in [0.1, 0.15) is 17.3 Å². The number of esters is 2. The highest BCUT2D eigenvalue weighted by Gasteiger charge is 2.18. The molecule has 0 saturated heterocycles. The Bertz CT molecular complexity index is 1330. The summed E-state index contributed by atoms with van der Waals surface area (Å²) in [6.07, 6.45) is 3.93. The summed E-state index contributed by atoms with van der Waals surface area (Å²) in [6.45, 7) is 2.28. The van der Waals surface area contributed by atoms with Gasteiger partial charge in [-0.1, -0.05) is 0 Å². The van der Waals surface area contributed by atoms with Crippen LogP contribution in [0.25, 0.3) is 27.9 Å². The summed E-state index contributed by atoms with van der Waals surface area (Å²) >= 11 is 0. The molecule has 3 heterocycles. The molecule has 0 unspecified atom stereocenters. The van der Waals surface area contributed by atoms with Gasteiger partial charge in [-0.2, -0.15) is 5.10 Å². The first-order valence-corrected chi connectivity index (χ1v) is 10.7. The van der Waals surface area contributed by atoms with E-state index in [1.165, 1.54) is 26.2 Å². The smallest absolute Gasteiger partial charge is 0.339 e. The van der Waals surface area contributed by atoms with Gasteiger partial charge in [0.15, 0.2) is 0 Å². The molecule has 0 saturated carbocycles. The van der Waals surface area contributed by atoms with Crippen LogP contribution in [-0.2, 0) is 14.3 Å². The highest BCUT2D eigenvalue weighted by Crippen LogP contribution is 2.36. The van der Waals surface area contributed by atoms with E-state index in [9.17, 15) is 14.0 Å². The van der Waals surface area contributed by atoms with Gasteiger partial charge in [0.25, 0.3) is 0 Å². The van der Waals surface area contributed by atoms with Gasteiger partial charge in [-0.15, -0.1) is 0 Å². The van der Waals surface area contributed by atoms with Crippen LogP contribution in [0.3, 0.4) is 0 Å². The molecular weight excluding hydrogens is 439 g/mol. The van der Waals surface area contributed by atoms with Crippen molar-refractivity contribution in [2.24, 2.45) is 0 Å².